The van der Waals surface area contributed by atoms with Gasteiger partial charge in [0, 0.05) is 22.7 Å². The molecule has 0 atom stereocenters. The van der Waals surface area contributed by atoms with Crippen molar-refractivity contribution in [2.45, 2.75) is 6.54 Å². The van der Waals surface area contributed by atoms with E-state index < -0.39 is 24.3 Å². The maximum Gasteiger partial charge on any atom is 0.323 e. The van der Waals surface area contributed by atoms with Crippen LogP contribution in [0.3, 0.4) is 0 Å². The van der Waals surface area contributed by atoms with E-state index in [4.69, 9.17) is 23.1 Å². The number of carbonyl (C=O) groups excluding carboxylic acids is 2. The smallest absolute Gasteiger partial charge is 0.323 e. The molecule has 3 rings (SSSR count). The molecule has 128 valence electrons. The minimum absolute atomic E-state index is 0.0222. The largest absolute Gasteiger partial charge is 0.480 e. The summed E-state index contributed by atoms with van der Waals surface area (Å²) in [7, 11) is 0. The minimum atomic E-state index is -1.13. The summed E-state index contributed by atoms with van der Waals surface area (Å²) in [5.74, 6) is -2.04. The number of hydrogen-bond donors (Lipinski definition) is 2. The maximum atomic E-state index is 12.4. The second-order valence-electron chi connectivity index (χ2n) is 5.36. The lowest BCUT2D eigenvalue weighted by Crippen LogP contribution is -2.33. The first-order valence-corrected chi connectivity index (χ1v) is 8.42. The normalized spacial score (nSPS) is 16.2. The summed E-state index contributed by atoms with van der Waals surface area (Å²) in [6.45, 7) is -0.445. The molecule has 1 saturated heterocycles. The molecule has 1 aromatic heterocycles. The van der Waals surface area contributed by atoms with Gasteiger partial charge < -0.3 is 15.4 Å². The molecule has 2 aromatic rings. The van der Waals surface area contributed by atoms with Gasteiger partial charge in [-0.3, -0.25) is 19.3 Å². The van der Waals surface area contributed by atoms with Gasteiger partial charge in [0.25, 0.3) is 5.91 Å². The number of nitrogens with two attached hydrogens (primary N) is 1. The number of thiocarbonyl (C=S) groups is 1. The molecule has 0 saturated carbocycles. The number of carboxylic acids is 1. The predicted molar refractivity (Wildman–Crippen MR) is 98.6 cm³/mol. The molecule has 0 radical (unpaired) electrons. The number of para-hydroxylation sites is 1. The minimum Gasteiger partial charge on any atom is -0.480 e. The molecule has 25 heavy (non-hydrogen) atoms. The third-order valence-corrected chi connectivity index (χ3v) is 4.98. The molecular formula is C16H13N3O4S2. The van der Waals surface area contributed by atoms with Crippen molar-refractivity contribution in [3.05, 3.63) is 40.9 Å². The summed E-state index contributed by atoms with van der Waals surface area (Å²) in [6.07, 6.45) is 3.39. The van der Waals surface area contributed by atoms with Crippen molar-refractivity contribution in [3.63, 3.8) is 0 Å². The van der Waals surface area contributed by atoms with Crippen molar-refractivity contribution >= 4 is 63.1 Å². The zero-order chi connectivity index (χ0) is 18.1. The Balaban J connectivity index is 2.01. The first-order chi connectivity index (χ1) is 11.9. The van der Waals surface area contributed by atoms with E-state index >= 15 is 0 Å². The summed E-state index contributed by atoms with van der Waals surface area (Å²) in [5, 5.41) is 9.74. The quantitative estimate of drug-likeness (QED) is 0.605. The lowest BCUT2D eigenvalue weighted by atomic mass is 10.1. The number of carboxylic acid groups (broad SMARTS) is 1. The second-order valence-corrected chi connectivity index (χ2v) is 7.03. The number of thioether (sulfide) groups is 1. The fourth-order valence-electron chi connectivity index (χ4n) is 2.60. The highest BCUT2D eigenvalue weighted by molar-refractivity contribution is 8.26. The van der Waals surface area contributed by atoms with E-state index in [9.17, 15) is 14.4 Å². The average Bonchev–Trinajstić information content (AvgIpc) is 3.00. The Hall–Kier alpha value is -2.65. The lowest BCUT2D eigenvalue weighted by Gasteiger charge is -2.10. The Morgan fingerprint density at radius 3 is 2.68 bits per heavy atom. The summed E-state index contributed by atoms with van der Waals surface area (Å²) in [6, 6.07) is 7.42. The van der Waals surface area contributed by atoms with E-state index in [1.54, 1.807) is 16.8 Å². The number of hydrogen-bond acceptors (Lipinski definition) is 5. The number of aliphatic carboxylic acids is 1. The van der Waals surface area contributed by atoms with Crippen LogP contribution in [-0.4, -0.2) is 43.2 Å². The molecule has 0 unspecified atom stereocenters. The molecule has 9 heteroatoms. The van der Waals surface area contributed by atoms with Crippen LogP contribution >= 0.6 is 24.0 Å². The highest BCUT2D eigenvalue weighted by Crippen LogP contribution is 2.34. The monoisotopic (exact) mass is 375 g/mol. The number of amides is 2. The zero-order valence-electron chi connectivity index (χ0n) is 12.8. The molecule has 2 amide bonds. The van der Waals surface area contributed by atoms with E-state index in [1.807, 2.05) is 24.3 Å². The van der Waals surface area contributed by atoms with Gasteiger partial charge >= 0.3 is 5.97 Å². The molecule has 0 bridgehead atoms. The first-order valence-electron chi connectivity index (χ1n) is 7.20. The summed E-state index contributed by atoms with van der Waals surface area (Å²) < 4.78 is 1.92. The zero-order valence-corrected chi connectivity index (χ0v) is 14.5. The number of primary amides is 1. The Morgan fingerprint density at radius 2 is 2.00 bits per heavy atom. The Labute approximate surface area is 152 Å². The molecule has 0 spiro atoms. The molecule has 1 fully saturated rings. The molecule has 1 aromatic carbocycles. The first kappa shape index (κ1) is 17.2. The number of aromatic nitrogens is 1. The maximum absolute atomic E-state index is 12.4. The Kier molecular flexibility index (Phi) is 4.60. The highest BCUT2D eigenvalue weighted by atomic mass is 32.2. The van der Waals surface area contributed by atoms with E-state index in [0.29, 0.717) is 4.91 Å². The molecule has 7 nitrogen and oxygen atoms in total. The van der Waals surface area contributed by atoms with Crippen LogP contribution in [0, 0.1) is 0 Å². The summed E-state index contributed by atoms with van der Waals surface area (Å²) in [4.78, 5) is 35.9. The van der Waals surface area contributed by atoms with Crippen LogP contribution in [0.4, 0.5) is 0 Å². The van der Waals surface area contributed by atoms with Crippen molar-refractivity contribution in [1.82, 2.24) is 9.47 Å². The molecule has 3 N–H and O–H groups in total. The number of carbonyl (C=O) groups is 3. The van der Waals surface area contributed by atoms with Crippen molar-refractivity contribution in [2.24, 2.45) is 5.73 Å². The van der Waals surface area contributed by atoms with Gasteiger partial charge in [-0.05, 0) is 12.1 Å². The van der Waals surface area contributed by atoms with Crippen molar-refractivity contribution < 1.29 is 19.5 Å². The van der Waals surface area contributed by atoms with Crippen LogP contribution in [-0.2, 0) is 20.9 Å². The second kappa shape index (κ2) is 6.69. The SMILES string of the molecule is NC(=O)Cn1cc(/C=C2\SC(=S)N(CC(=O)O)C2=O)c2ccccc21. The fourth-order valence-corrected chi connectivity index (χ4v) is 3.85. The van der Waals surface area contributed by atoms with Gasteiger partial charge in [0.05, 0.1) is 4.91 Å². The molecule has 2 heterocycles. The molecular weight excluding hydrogens is 362 g/mol. The summed E-state index contributed by atoms with van der Waals surface area (Å²) in [5.41, 5.74) is 6.82. The van der Waals surface area contributed by atoms with Crippen LogP contribution in [0.2, 0.25) is 0 Å². The van der Waals surface area contributed by atoms with E-state index in [2.05, 4.69) is 0 Å². The van der Waals surface area contributed by atoms with Crippen molar-refractivity contribution in [2.75, 3.05) is 6.54 Å². The van der Waals surface area contributed by atoms with E-state index in [-0.39, 0.29) is 10.9 Å². The van der Waals surface area contributed by atoms with Crippen LogP contribution in [0.1, 0.15) is 5.56 Å². The number of benzene rings is 1. The standard InChI is InChI=1S/C16H13N3O4S2/c17-13(20)7-18-6-9(10-3-1-2-4-11(10)18)5-12-15(23)19(8-14(21)22)16(24)25-12/h1-6H,7-8H2,(H2,17,20)(H,21,22)/b12-5-. The van der Waals surface area contributed by atoms with Gasteiger partial charge in [-0.25, -0.2) is 0 Å². The molecule has 1 aliphatic rings. The third-order valence-electron chi connectivity index (χ3n) is 3.60. The molecule has 0 aliphatic carbocycles. The van der Waals surface area contributed by atoms with E-state index in [0.717, 1.165) is 33.1 Å². The van der Waals surface area contributed by atoms with Gasteiger partial charge in [0.1, 0.15) is 17.4 Å². The third kappa shape index (κ3) is 3.42. The molecule has 1 aliphatic heterocycles. The van der Waals surface area contributed by atoms with Crippen LogP contribution < -0.4 is 5.73 Å². The van der Waals surface area contributed by atoms with Crippen molar-refractivity contribution in [3.8, 4) is 0 Å². The van der Waals surface area contributed by atoms with Gasteiger partial charge in [-0.2, -0.15) is 0 Å². The highest BCUT2D eigenvalue weighted by Gasteiger charge is 2.33. The van der Waals surface area contributed by atoms with Crippen LogP contribution in [0.5, 0.6) is 0 Å². The lowest BCUT2D eigenvalue weighted by molar-refractivity contribution is -0.140. The Morgan fingerprint density at radius 1 is 1.28 bits per heavy atom. The Bertz CT molecular complexity index is 948. The van der Waals surface area contributed by atoms with Crippen LogP contribution in [0.15, 0.2) is 35.4 Å². The van der Waals surface area contributed by atoms with Gasteiger partial charge in [-0.1, -0.05) is 42.2 Å². The van der Waals surface area contributed by atoms with E-state index in [1.165, 1.54) is 0 Å². The van der Waals surface area contributed by atoms with Crippen molar-refractivity contribution in [1.29, 1.82) is 0 Å². The fraction of sp³-hybridized carbons (Fsp3) is 0.125. The average molecular weight is 375 g/mol. The van der Waals surface area contributed by atoms with Gasteiger partial charge in [-0.15, -0.1) is 0 Å². The number of nitrogens with zero attached hydrogens (tertiary/aromatic N) is 2. The number of fused-ring (bicyclic) bond motifs is 1. The number of rotatable bonds is 5. The van der Waals surface area contributed by atoms with Gasteiger partial charge in [0.15, 0.2) is 0 Å². The van der Waals surface area contributed by atoms with Gasteiger partial charge in [0.2, 0.25) is 5.91 Å². The topological polar surface area (TPSA) is 106 Å². The summed E-state index contributed by atoms with van der Waals surface area (Å²) >= 11 is 6.14. The van der Waals surface area contributed by atoms with Crippen LogP contribution in [0.25, 0.3) is 17.0 Å². The predicted octanol–water partition coefficient (Wildman–Crippen LogP) is 1.41.